The third-order valence-electron chi connectivity index (χ3n) is 4.68. The van der Waals surface area contributed by atoms with Gasteiger partial charge >= 0.3 is 0 Å². The highest BCUT2D eigenvalue weighted by Crippen LogP contribution is 2.37. The second-order valence-corrected chi connectivity index (χ2v) is 6.30. The zero-order chi connectivity index (χ0) is 16.6. The minimum Gasteiger partial charge on any atom is -0.393 e. The van der Waals surface area contributed by atoms with Crippen LogP contribution < -0.4 is 5.32 Å². The highest BCUT2D eigenvalue weighted by atomic mass is 16.5. The molecule has 1 fully saturated rings. The van der Waals surface area contributed by atoms with E-state index in [0.29, 0.717) is 30.4 Å². The summed E-state index contributed by atoms with van der Waals surface area (Å²) in [6.07, 6.45) is 0.850. The van der Waals surface area contributed by atoms with Crippen LogP contribution in [0.25, 0.3) is 0 Å². The van der Waals surface area contributed by atoms with E-state index in [1.807, 2.05) is 24.6 Å². The van der Waals surface area contributed by atoms with Crippen LogP contribution in [0, 0.1) is 19.8 Å². The van der Waals surface area contributed by atoms with E-state index in [2.05, 4.69) is 15.5 Å². The number of aliphatic hydroxyl groups is 1. The van der Waals surface area contributed by atoms with Gasteiger partial charge in [-0.2, -0.15) is 4.98 Å². The van der Waals surface area contributed by atoms with Gasteiger partial charge in [-0.1, -0.05) is 5.16 Å². The Kier molecular flexibility index (Phi) is 4.21. The number of aromatic nitrogens is 3. The van der Waals surface area contributed by atoms with Gasteiger partial charge in [0.1, 0.15) is 5.69 Å². The van der Waals surface area contributed by atoms with Gasteiger partial charge < -0.3 is 19.5 Å². The van der Waals surface area contributed by atoms with Crippen LogP contribution >= 0.6 is 0 Å². The summed E-state index contributed by atoms with van der Waals surface area (Å²) in [4.78, 5) is 16.5. The molecule has 23 heavy (non-hydrogen) atoms. The molecule has 1 amide bonds. The normalized spacial score (nSPS) is 24.1. The lowest BCUT2D eigenvalue weighted by molar-refractivity contribution is 0.0908. The SMILES string of the molecule is Cc1noc([C@H]2C[C@H](CNC(=O)c3ccc(C)n3C)[C@H](O)C2)n1. The molecule has 2 N–H and O–H groups in total. The first-order valence-electron chi connectivity index (χ1n) is 7.84. The van der Waals surface area contributed by atoms with E-state index in [0.717, 1.165) is 12.1 Å². The Labute approximate surface area is 134 Å². The summed E-state index contributed by atoms with van der Waals surface area (Å²) in [5, 5.41) is 16.9. The first kappa shape index (κ1) is 15.7. The molecule has 7 nitrogen and oxygen atoms in total. The van der Waals surface area contributed by atoms with Gasteiger partial charge in [-0.15, -0.1) is 0 Å². The molecule has 0 radical (unpaired) electrons. The largest absolute Gasteiger partial charge is 0.393 e. The number of rotatable bonds is 4. The van der Waals surface area contributed by atoms with Gasteiger partial charge in [-0.25, -0.2) is 0 Å². The molecule has 2 heterocycles. The van der Waals surface area contributed by atoms with Gasteiger partial charge in [0, 0.05) is 31.1 Å². The van der Waals surface area contributed by atoms with Crippen LogP contribution in [0.2, 0.25) is 0 Å². The van der Waals surface area contributed by atoms with E-state index in [-0.39, 0.29) is 17.7 Å². The maximum absolute atomic E-state index is 12.2. The van der Waals surface area contributed by atoms with Crippen molar-refractivity contribution in [3.63, 3.8) is 0 Å². The molecular formula is C16H22N4O3. The van der Waals surface area contributed by atoms with E-state index < -0.39 is 6.10 Å². The molecule has 1 aliphatic carbocycles. The van der Waals surface area contributed by atoms with E-state index in [4.69, 9.17) is 4.52 Å². The summed E-state index contributed by atoms with van der Waals surface area (Å²) < 4.78 is 7.05. The Morgan fingerprint density at radius 3 is 2.83 bits per heavy atom. The average molecular weight is 318 g/mol. The number of aliphatic hydroxyl groups excluding tert-OH is 1. The third-order valence-corrected chi connectivity index (χ3v) is 4.68. The zero-order valence-electron chi connectivity index (χ0n) is 13.6. The van der Waals surface area contributed by atoms with Crippen molar-refractivity contribution in [3.05, 3.63) is 35.2 Å². The molecule has 2 aromatic heterocycles. The van der Waals surface area contributed by atoms with Gasteiger partial charge in [0.15, 0.2) is 5.82 Å². The Morgan fingerprint density at radius 2 is 2.22 bits per heavy atom. The van der Waals surface area contributed by atoms with Crippen molar-refractivity contribution in [2.45, 2.75) is 38.7 Å². The molecular weight excluding hydrogens is 296 g/mol. The molecule has 124 valence electrons. The lowest BCUT2D eigenvalue weighted by Crippen LogP contribution is -2.33. The summed E-state index contributed by atoms with van der Waals surface area (Å²) in [5.74, 6) is 1.12. The van der Waals surface area contributed by atoms with E-state index in [1.54, 1.807) is 13.0 Å². The minimum absolute atomic E-state index is 0.00229. The van der Waals surface area contributed by atoms with E-state index >= 15 is 0 Å². The molecule has 0 aliphatic heterocycles. The topological polar surface area (TPSA) is 93.2 Å². The van der Waals surface area contributed by atoms with E-state index in [9.17, 15) is 9.90 Å². The fraction of sp³-hybridized carbons (Fsp3) is 0.562. The monoisotopic (exact) mass is 318 g/mol. The average Bonchev–Trinajstić information content (AvgIpc) is 3.18. The highest BCUT2D eigenvalue weighted by molar-refractivity contribution is 5.92. The molecule has 0 unspecified atom stereocenters. The van der Waals surface area contributed by atoms with Gasteiger partial charge in [0.25, 0.3) is 5.91 Å². The van der Waals surface area contributed by atoms with Gasteiger partial charge in [-0.05, 0) is 38.8 Å². The number of nitrogens with one attached hydrogen (secondary N) is 1. The lowest BCUT2D eigenvalue weighted by atomic mass is 10.0. The number of aryl methyl sites for hydroxylation is 2. The van der Waals surface area contributed by atoms with Gasteiger partial charge in [0.05, 0.1) is 6.10 Å². The van der Waals surface area contributed by atoms with Crippen LogP contribution in [-0.2, 0) is 7.05 Å². The summed E-state index contributed by atoms with van der Waals surface area (Å²) in [5.41, 5.74) is 1.65. The predicted octanol–water partition coefficient (Wildman–Crippen LogP) is 1.31. The standard InChI is InChI=1S/C16H22N4O3/c1-9-4-5-13(20(9)3)15(22)17-8-12-6-11(7-14(12)21)16-18-10(2)19-23-16/h4-5,11-12,14,21H,6-8H2,1-3H3,(H,17,22)/t11-,12+,14+/m0/s1. The number of amides is 1. The third kappa shape index (κ3) is 3.14. The number of carbonyl (C=O) groups excluding carboxylic acids is 1. The second-order valence-electron chi connectivity index (χ2n) is 6.30. The van der Waals surface area contributed by atoms with Crippen molar-refractivity contribution in [1.29, 1.82) is 0 Å². The second kappa shape index (κ2) is 6.16. The first-order chi connectivity index (χ1) is 11.0. The van der Waals surface area contributed by atoms with Crippen LogP contribution in [0.15, 0.2) is 16.7 Å². The Bertz CT molecular complexity index is 706. The number of nitrogens with zero attached hydrogens (tertiary/aromatic N) is 3. The fourth-order valence-electron chi connectivity index (χ4n) is 3.16. The van der Waals surface area contributed by atoms with Crippen LogP contribution in [0.3, 0.4) is 0 Å². The molecule has 1 saturated carbocycles. The summed E-state index contributed by atoms with van der Waals surface area (Å²) >= 11 is 0. The van der Waals surface area contributed by atoms with Gasteiger partial charge in [0.2, 0.25) is 5.89 Å². The molecule has 1 aliphatic rings. The highest BCUT2D eigenvalue weighted by Gasteiger charge is 2.36. The molecule has 0 aromatic carbocycles. The van der Waals surface area contributed by atoms with Crippen molar-refractivity contribution in [2.75, 3.05) is 6.54 Å². The summed E-state index contributed by atoms with van der Waals surface area (Å²) in [6, 6.07) is 3.72. The molecule has 0 saturated heterocycles. The smallest absolute Gasteiger partial charge is 0.267 e. The van der Waals surface area contributed by atoms with Crippen LogP contribution in [0.1, 0.15) is 46.7 Å². The Morgan fingerprint density at radius 1 is 1.43 bits per heavy atom. The predicted molar refractivity (Wildman–Crippen MR) is 83.0 cm³/mol. The first-order valence-corrected chi connectivity index (χ1v) is 7.84. The number of hydrogen-bond donors (Lipinski definition) is 2. The number of carbonyl (C=O) groups is 1. The number of hydrogen-bond acceptors (Lipinski definition) is 5. The zero-order valence-corrected chi connectivity index (χ0v) is 13.6. The Balaban J connectivity index is 1.58. The molecule has 3 atom stereocenters. The maximum atomic E-state index is 12.2. The van der Waals surface area contributed by atoms with Gasteiger partial charge in [-0.3, -0.25) is 4.79 Å². The summed E-state index contributed by atoms with van der Waals surface area (Å²) in [7, 11) is 1.86. The van der Waals surface area contributed by atoms with Crippen molar-refractivity contribution < 1.29 is 14.4 Å². The van der Waals surface area contributed by atoms with Crippen LogP contribution in [0.5, 0.6) is 0 Å². The van der Waals surface area contributed by atoms with Crippen LogP contribution in [0.4, 0.5) is 0 Å². The molecule has 7 heteroatoms. The molecule has 2 aromatic rings. The van der Waals surface area contributed by atoms with E-state index in [1.165, 1.54) is 0 Å². The fourth-order valence-corrected chi connectivity index (χ4v) is 3.16. The Hall–Kier alpha value is -2.15. The lowest BCUT2D eigenvalue weighted by Gasteiger charge is -2.15. The minimum atomic E-state index is -0.470. The van der Waals surface area contributed by atoms with Crippen molar-refractivity contribution in [3.8, 4) is 0 Å². The maximum Gasteiger partial charge on any atom is 0.267 e. The molecule has 3 rings (SSSR count). The molecule has 0 bridgehead atoms. The summed E-state index contributed by atoms with van der Waals surface area (Å²) in [6.45, 7) is 4.17. The van der Waals surface area contributed by atoms with Crippen molar-refractivity contribution in [2.24, 2.45) is 13.0 Å². The quantitative estimate of drug-likeness (QED) is 0.886. The van der Waals surface area contributed by atoms with Crippen molar-refractivity contribution >= 4 is 5.91 Å². The van der Waals surface area contributed by atoms with Crippen molar-refractivity contribution in [1.82, 2.24) is 20.0 Å². The molecule has 0 spiro atoms. The van der Waals surface area contributed by atoms with Crippen LogP contribution in [-0.4, -0.2) is 38.4 Å².